The molecule has 2 unspecified atom stereocenters. The summed E-state index contributed by atoms with van der Waals surface area (Å²) in [6.45, 7) is 8.91. The molecule has 1 rings (SSSR count). The van der Waals surface area contributed by atoms with Crippen molar-refractivity contribution in [2.75, 3.05) is 0 Å². The van der Waals surface area contributed by atoms with Gasteiger partial charge in [-0.25, -0.2) is 0 Å². The maximum Gasteiger partial charge on any atom is 0.0751 e. The number of ether oxygens (including phenoxy) is 1. The Hall–Kier alpha value is -0.500. The fourth-order valence-corrected chi connectivity index (χ4v) is 2.10. The second-order valence-electron chi connectivity index (χ2n) is 5.38. The van der Waals surface area contributed by atoms with Crippen LogP contribution in [0.2, 0.25) is 0 Å². The lowest BCUT2D eigenvalue weighted by Crippen LogP contribution is -2.39. The molecule has 0 aromatic carbocycles. The molecule has 0 amide bonds. The average molecular weight is 225 g/mol. The first-order chi connectivity index (χ1) is 7.59. The van der Waals surface area contributed by atoms with Crippen molar-refractivity contribution in [3.63, 3.8) is 0 Å². The van der Waals surface area contributed by atoms with Gasteiger partial charge in [0.05, 0.1) is 18.2 Å². The first-order valence-corrected chi connectivity index (χ1v) is 6.66. The zero-order valence-corrected chi connectivity index (χ0v) is 11.2. The molecule has 0 aromatic heterocycles. The van der Waals surface area contributed by atoms with Gasteiger partial charge in [0, 0.05) is 0 Å². The zero-order valence-electron chi connectivity index (χ0n) is 11.2. The summed E-state index contributed by atoms with van der Waals surface area (Å²) >= 11 is 0. The van der Waals surface area contributed by atoms with Crippen molar-refractivity contribution in [3.05, 3.63) is 12.3 Å². The monoisotopic (exact) mass is 225 g/mol. The maximum atomic E-state index is 6.04. The van der Waals surface area contributed by atoms with Crippen LogP contribution >= 0.6 is 0 Å². The average Bonchev–Trinajstić information content (AvgIpc) is 2.27. The van der Waals surface area contributed by atoms with Gasteiger partial charge in [0.15, 0.2) is 0 Å². The minimum Gasteiger partial charge on any atom is -0.386 e. The highest BCUT2D eigenvalue weighted by molar-refractivity contribution is 4.92. The van der Waals surface area contributed by atoms with E-state index in [1.807, 2.05) is 0 Å². The SMILES string of the molecule is CC(C)CCC(C)O[C@H](C)C1CCC=CN1. The van der Waals surface area contributed by atoms with Gasteiger partial charge in [-0.15, -0.1) is 0 Å². The van der Waals surface area contributed by atoms with Crippen molar-refractivity contribution < 1.29 is 4.74 Å². The fourth-order valence-electron chi connectivity index (χ4n) is 2.10. The van der Waals surface area contributed by atoms with E-state index >= 15 is 0 Å². The van der Waals surface area contributed by atoms with E-state index in [4.69, 9.17) is 4.74 Å². The van der Waals surface area contributed by atoms with Crippen molar-refractivity contribution in [2.24, 2.45) is 5.92 Å². The van der Waals surface area contributed by atoms with Gasteiger partial charge in [0.25, 0.3) is 0 Å². The first kappa shape index (κ1) is 13.6. The molecular weight excluding hydrogens is 198 g/mol. The van der Waals surface area contributed by atoms with Crippen LogP contribution in [0.25, 0.3) is 0 Å². The summed E-state index contributed by atoms with van der Waals surface area (Å²) in [5.41, 5.74) is 0. The van der Waals surface area contributed by atoms with Gasteiger partial charge in [-0.2, -0.15) is 0 Å². The molecule has 0 bridgehead atoms. The number of allylic oxidation sites excluding steroid dienone is 1. The third-order valence-corrected chi connectivity index (χ3v) is 3.24. The van der Waals surface area contributed by atoms with Crippen LogP contribution < -0.4 is 5.32 Å². The Bertz CT molecular complexity index is 213. The van der Waals surface area contributed by atoms with E-state index in [1.54, 1.807) is 0 Å². The van der Waals surface area contributed by atoms with Gasteiger partial charge in [-0.1, -0.05) is 19.9 Å². The van der Waals surface area contributed by atoms with E-state index in [9.17, 15) is 0 Å². The number of nitrogens with one attached hydrogen (secondary N) is 1. The minimum atomic E-state index is 0.312. The summed E-state index contributed by atoms with van der Waals surface area (Å²) in [5.74, 6) is 0.775. The molecule has 0 spiro atoms. The molecular formula is C14H27NO. The van der Waals surface area contributed by atoms with Crippen LogP contribution in [0, 0.1) is 5.92 Å². The van der Waals surface area contributed by atoms with Gasteiger partial charge in [-0.3, -0.25) is 0 Å². The molecule has 1 aliphatic rings. The molecule has 0 aliphatic carbocycles. The van der Waals surface area contributed by atoms with Crippen LogP contribution in [0.4, 0.5) is 0 Å². The molecule has 1 heterocycles. The molecule has 0 saturated carbocycles. The summed E-state index contributed by atoms with van der Waals surface area (Å²) in [4.78, 5) is 0. The molecule has 0 saturated heterocycles. The van der Waals surface area contributed by atoms with Crippen LogP contribution in [0.5, 0.6) is 0 Å². The second kappa shape index (κ2) is 6.95. The number of hydrogen-bond donors (Lipinski definition) is 1. The predicted octanol–water partition coefficient (Wildman–Crippen LogP) is 3.48. The van der Waals surface area contributed by atoms with E-state index in [2.05, 4.69) is 45.3 Å². The molecule has 1 aliphatic heterocycles. The second-order valence-corrected chi connectivity index (χ2v) is 5.38. The van der Waals surface area contributed by atoms with Gasteiger partial charge in [-0.05, 0) is 51.6 Å². The van der Waals surface area contributed by atoms with Crippen molar-refractivity contribution in [2.45, 2.75) is 71.6 Å². The smallest absolute Gasteiger partial charge is 0.0751 e. The zero-order chi connectivity index (χ0) is 12.0. The highest BCUT2D eigenvalue weighted by Gasteiger charge is 2.19. The molecule has 0 radical (unpaired) electrons. The Morgan fingerprint density at radius 3 is 2.56 bits per heavy atom. The normalized spacial score (nSPS) is 24.2. The minimum absolute atomic E-state index is 0.312. The van der Waals surface area contributed by atoms with Crippen molar-refractivity contribution in [1.29, 1.82) is 0 Å². The standard InChI is InChI=1S/C14H27NO/c1-11(2)8-9-12(3)16-13(4)14-7-5-6-10-15-14/h6,10-15H,5,7-9H2,1-4H3/t12?,13-,14?/m1/s1. The summed E-state index contributed by atoms with van der Waals surface area (Å²) in [5, 5.41) is 3.38. The third-order valence-electron chi connectivity index (χ3n) is 3.24. The molecule has 94 valence electrons. The summed E-state index contributed by atoms with van der Waals surface area (Å²) in [6.07, 6.45) is 9.73. The first-order valence-electron chi connectivity index (χ1n) is 6.66. The van der Waals surface area contributed by atoms with E-state index in [-0.39, 0.29) is 0 Å². The molecule has 2 nitrogen and oxygen atoms in total. The Morgan fingerprint density at radius 2 is 2.00 bits per heavy atom. The van der Waals surface area contributed by atoms with Gasteiger partial charge < -0.3 is 10.1 Å². The van der Waals surface area contributed by atoms with Gasteiger partial charge in [0.1, 0.15) is 0 Å². The Morgan fingerprint density at radius 1 is 1.25 bits per heavy atom. The lowest BCUT2D eigenvalue weighted by Gasteiger charge is -2.29. The quantitative estimate of drug-likeness (QED) is 0.747. The van der Waals surface area contributed by atoms with Crippen molar-refractivity contribution in [3.8, 4) is 0 Å². The largest absolute Gasteiger partial charge is 0.386 e. The van der Waals surface area contributed by atoms with E-state index < -0.39 is 0 Å². The predicted molar refractivity (Wildman–Crippen MR) is 69.4 cm³/mol. The molecule has 2 heteroatoms. The Kier molecular flexibility index (Phi) is 5.89. The molecule has 3 atom stereocenters. The molecule has 0 aromatic rings. The van der Waals surface area contributed by atoms with Crippen LogP contribution in [0.3, 0.4) is 0 Å². The highest BCUT2D eigenvalue weighted by atomic mass is 16.5. The molecule has 0 fully saturated rings. The van der Waals surface area contributed by atoms with Crippen LogP contribution in [0.1, 0.15) is 53.4 Å². The van der Waals surface area contributed by atoms with Crippen LogP contribution in [0.15, 0.2) is 12.3 Å². The Balaban J connectivity index is 2.21. The topological polar surface area (TPSA) is 21.3 Å². The summed E-state index contributed by atoms with van der Waals surface area (Å²) < 4.78 is 6.04. The maximum absolute atomic E-state index is 6.04. The third kappa shape index (κ3) is 5.02. The fraction of sp³-hybridized carbons (Fsp3) is 0.857. The number of rotatable bonds is 6. The van der Waals surface area contributed by atoms with Crippen molar-refractivity contribution in [1.82, 2.24) is 5.32 Å². The number of hydrogen-bond acceptors (Lipinski definition) is 2. The van der Waals surface area contributed by atoms with Crippen molar-refractivity contribution >= 4 is 0 Å². The molecule has 16 heavy (non-hydrogen) atoms. The van der Waals surface area contributed by atoms with Gasteiger partial charge in [0.2, 0.25) is 0 Å². The van der Waals surface area contributed by atoms with Crippen LogP contribution in [-0.2, 0) is 4.74 Å². The van der Waals surface area contributed by atoms with E-state index in [1.165, 1.54) is 25.7 Å². The summed E-state index contributed by atoms with van der Waals surface area (Å²) in [7, 11) is 0. The van der Waals surface area contributed by atoms with E-state index in [0.717, 1.165) is 5.92 Å². The van der Waals surface area contributed by atoms with Gasteiger partial charge >= 0.3 is 0 Å². The summed E-state index contributed by atoms with van der Waals surface area (Å²) in [6, 6.07) is 0.492. The van der Waals surface area contributed by atoms with E-state index in [0.29, 0.717) is 18.2 Å². The highest BCUT2D eigenvalue weighted by Crippen LogP contribution is 2.15. The lowest BCUT2D eigenvalue weighted by molar-refractivity contribution is -0.0175. The lowest BCUT2D eigenvalue weighted by atomic mass is 10.0. The molecule has 1 N–H and O–H groups in total. The van der Waals surface area contributed by atoms with Crippen LogP contribution in [-0.4, -0.2) is 18.2 Å². The Labute approximate surface area is 100 Å².